The molecule has 0 bridgehead atoms. The van der Waals surface area contributed by atoms with Crippen molar-refractivity contribution in [3.05, 3.63) is 76.7 Å². The van der Waals surface area contributed by atoms with Gasteiger partial charge in [-0.05, 0) is 61.2 Å². The molecule has 0 spiro atoms. The second-order valence-electron chi connectivity index (χ2n) is 8.61. The smallest absolute Gasteiger partial charge is 0.338 e. The quantitative estimate of drug-likeness (QED) is 0.533. The Labute approximate surface area is 199 Å². The lowest BCUT2D eigenvalue weighted by Gasteiger charge is -2.35. The second kappa shape index (κ2) is 11.0. The highest BCUT2D eigenvalue weighted by Crippen LogP contribution is 2.32. The number of amides is 3. The van der Waals surface area contributed by atoms with Gasteiger partial charge in [-0.15, -0.1) is 0 Å². The minimum atomic E-state index is -0.733. The maximum absolute atomic E-state index is 13.2. The molecule has 1 aliphatic rings. The van der Waals surface area contributed by atoms with E-state index in [1.165, 1.54) is 24.3 Å². The number of urea groups is 1. The van der Waals surface area contributed by atoms with Crippen LogP contribution in [0.5, 0.6) is 0 Å². The van der Waals surface area contributed by atoms with E-state index in [9.17, 15) is 18.8 Å². The summed E-state index contributed by atoms with van der Waals surface area (Å²) < 4.78 is 18.7. The first-order valence-corrected chi connectivity index (χ1v) is 11.3. The molecular formula is C26H30FN3O4. The van der Waals surface area contributed by atoms with Gasteiger partial charge in [0.2, 0.25) is 0 Å². The fourth-order valence-corrected chi connectivity index (χ4v) is 3.71. The highest BCUT2D eigenvalue weighted by atomic mass is 19.1. The van der Waals surface area contributed by atoms with Crippen LogP contribution in [0.2, 0.25) is 0 Å². The Morgan fingerprint density at radius 1 is 1.18 bits per heavy atom. The fraction of sp³-hybridized carbons (Fsp3) is 0.346. The van der Waals surface area contributed by atoms with Crippen LogP contribution < -0.4 is 10.6 Å². The van der Waals surface area contributed by atoms with Gasteiger partial charge >= 0.3 is 12.0 Å². The minimum Gasteiger partial charge on any atom is -0.462 e. The van der Waals surface area contributed by atoms with Gasteiger partial charge in [0, 0.05) is 23.5 Å². The van der Waals surface area contributed by atoms with Crippen LogP contribution in [0.4, 0.5) is 14.9 Å². The Kier molecular flexibility index (Phi) is 8.04. The summed E-state index contributed by atoms with van der Waals surface area (Å²) in [5.41, 5.74) is 2.31. The molecule has 0 radical (unpaired) electrons. The van der Waals surface area contributed by atoms with E-state index in [4.69, 9.17) is 4.74 Å². The molecular weight excluding hydrogens is 437 g/mol. The average Bonchev–Trinajstić information content (AvgIpc) is 2.80. The number of ether oxygens (including phenoxy) is 1. The maximum Gasteiger partial charge on any atom is 0.338 e. The lowest BCUT2D eigenvalue weighted by atomic mass is 9.94. The third-order valence-corrected chi connectivity index (χ3v) is 5.40. The van der Waals surface area contributed by atoms with E-state index in [1.54, 1.807) is 36.1 Å². The van der Waals surface area contributed by atoms with Crippen molar-refractivity contribution in [1.82, 2.24) is 10.2 Å². The van der Waals surface area contributed by atoms with Gasteiger partial charge < -0.3 is 15.4 Å². The Bertz CT molecular complexity index is 1100. The molecule has 0 aromatic heterocycles. The number of nitrogens with one attached hydrogen (secondary N) is 2. The average molecular weight is 468 g/mol. The number of nitrogens with zero attached hydrogens (tertiary/aromatic N) is 1. The van der Waals surface area contributed by atoms with Gasteiger partial charge in [0.15, 0.2) is 0 Å². The van der Waals surface area contributed by atoms with Crippen LogP contribution >= 0.6 is 0 Å². The first kappa shape index (κ1) is 25.0. The summed E-state index contributed by atoms with van der Waals surface area (Å²) in [6, 6.07) is 11.1. The lowest BCUT2D eigenvalue weighted by Crippen LogP contribution is -2.48. The molecule has 180 valence electrons. The number of hydrogen-bond acceptors (Lipinski definition) is 4. The summed E-state index contributed by atoms with van der Waals surface area (Å²) in [5, 5.41) is 5.69. The number of esters is 1. The van der Waals surface area contributed by atoms with Crippen molar-refractivity contribution in [3.63, 3.8) is 0 Å². The largest absolute Gasteiger partial charge is 0.462 e. The number of benzene rings is 2. The molecule has 2 aromatic carbocycles. The second-order valence-corrected chi connectivity index (χ2v) is 8.61. The minimum absolute atomic E-state index is 0.165. The zero-order valence-corrected chi connectivity index (χ0v) is 19.9. The molecule has 1 heterocycles. The van der Waals surface area contributed by atoms with Crippen molar-refractivity contribution in [2.45, 2.75) is 40.2 Å². The van der Waals surface area contributed by atoms with Gasteiger partial charge in [-0.1, -0.05) is 32.9 Å². The molecule has 2 N–H and O–H groups in total. The van der Waals surface area contributed by atoms with E-state index >= 15 is 0 Å². The topological polar surface area (TPSA) is 87.7 Å². The van der Waals surface area contributed by atoms with Crippen LogP contribution in [-0.2, 0) is 9.53 Å². The van der Waals surface area contributed by atoms with Crippen LogP contribution in [0.25, 0.3) is 0 Å². The van der Waals surface area contributed by atoms with Crippen molar-refractivity contribution in [2.75, 3.05) is 18.5 Å². The van der Waals surface area contributed by atoms with Crippen LogP contribution in [0.15, 0.2) is 59.8 Å². The summed E-state index contributed by atoms with van der Waals surface area (Å²) in [5.74, 6) is -1.15. The SMILES string of the molecule is CCCN1C(=O)NC(c2cccc(NC(=O)c3ccc(F)cc3)c2)C(C(=O)OCC(C)C)=C1C. The van der Waals surface area contributed by atoms with Crippen LogP contribution in [-0.4, -0.2) is 36.0 Å². The molecule has 0 fully saturated rings. The molecule has 1 aliphatic heterocycles. The summed E-state index contributed by atoms with van der Waals surface area (Å²) in [7, 11) is 0. The molecule has 7 nitrogen and oxygen atoms in total. The molecule has 2 aromatic rings. The van der Waals surface area contributed by atoms with Gasteiger partial charge in [-0.3, -0.25) is 9.69 Å². The number of rotatable bonds is 8. The summed E-state index contributed by atoms with van der Waals surface area (Å²) >= 11 is 0. The lowest BCUT2D eigenvalue weighted by molar-refractivity contribution is -0.140. The molecule has 1 atom stereocenters. The number of hydrogen-bond donors (Lipinski definition) is 2. The predicted octanol–water partition coefficient (Wildman–Crippen LogP) is 5.03. The van der Waals surface area contributed by atoms with Crippen LogP contribution in [0.3, 0.4) is 0 Å². The Hall–Kier alpha value is -3.68. The molecule has 0 saturated carbocycles. The first-order valence-electron chi connectivity index (χ1n) is 11.3. The molecule has 1 unspecified atom stereocenters. The molecule has 0 saturated heterocycles. The normalized spacial score (nSPS) is 15.9. The van der Waals surface area contributed by atoms with Crippen molar-refractivity contribution in [2.24, 2.45) is 5.92 Å². The van der Waals surface area contributed by atoms with Crippen molar-refractivity contribution in [1.29, 1.82) is 0 Å². The number of carbonyl (C=O) groups is 3. The van der Waals surface area contributed by atoms with E-state index in [1.807, 2.05) is 20.8 Å². The van der Waals surface area contributed by atoms with Crippen molar-refractivity contribution >= 4 is 23.6 Å². The highest BCUT2D eigenvalue weighted by molar-refractivity contribution is 6.04. The Balaban J connectivity index is 1.92. The Morgan fingerprint density at radius 3 is 2.53 bits per heavy atom. The van der Waals surface area contributed by atoms with Crippen molar-refractivity contribution in [3.8, 4) is 0 Å². The maximum atomic E-state index is 13.2. The molecule has 3 amide bonds. The predicted molar refractivity (Wildman–Crippen MR) is 128 cm³/mol. The third-order valence-electron chi connectivity index (χ3n) is 5.40. The van der Waals surface area contributed by atoms with Crippen LogP contribution in [0, 0.1) is 11.7 Å². The monoisotopic (exact) mass is 467 g/mol. The van der Waals surface area contributed by atoms with E-state index < -0.39 is 23.7 Å². The molecule has 34 heavy (non-hydrogen) atoms. The zero-order chi connectivity index (χ0) is 24.8. The summed E-state index contributed by atoms with van der Waals surface area (Å²) in [6.45, 7) is 8.33. The van der Waals surface area contributed by atoms with E-state index in [0.717, 1.165) is 6.42 Å². The first-order chi connectivity index (χ1) is 16.2. The number of carbonyl (C=O) groups excluding carboxylic acids is 3. The number of anilines is 1. The van der Waals surface area contributed by atoms with Crippen LogP contribution in [0.1, 0.15) is 56.1 Å². The zero-order valence-electron chi connectivity index (χ0n) is 19.9. The molecule has 0 aliphatic carbocycles. The molecule has 3 rings (SSSR count). The van der Waals surface area contributed by atoms with Gasteiger partial charge in [0.05, 0.1) is 18.2 Å². The number of halogens is 1. The highest BCUT2D eigenvalue weighted by Gasteiger charge is 2.36. The fourth-order valence-electron chi connectivity index (χ4n) is 3.71. The van der Waals surface area contributed by atoms with E-state index in [2.05, 4.69) is 10.6 Å². The standard InChI is InChI=1S/C26H30FN3O4/c1-5-13-30-17(4)22(25(32)34-15-16(2)3)23(29-26(30)33)19-7-6-8-21(14-19)28-24(31)18-9-11-20(27)12-10-18/h6-12,14,16,23H,5,13,15H2,1-4H3,(H,28,31)(H,29,33). The summed E-state index contributed by atoms with van der Waals surface area (Å²) in [4.78, 5) is 40.0. The van der Waals surface area contributed by atoms with E-state index in [-0.39, 0.29) is 18.6 Å². The van der Waals surface area contributed by atoms with Gasteiger partial charge in [-0.25, -0.2) is 14.0 Å². The van der Waals surface area contributed by atoms with Gasteiger partial charge in [0.25, 0.3) is 5.91 Å². The Morgan fingerprint density at radius 2 is 1.88 bits per heavy atom. The third kappa shape index (κ3) is 5.81. The van der Waals surface area contributed by atoms with Gasteiger partial charge in [0.1, 0.15) is 5.82 Å². The van der Waals surface area contributed by atoms with Crippen molar-refractivity contribution < 1.29 is 23.5 Å². The molecule has 8 heteroatoms. The number of allylic oxidation sites excluding steroid dienone is 1. The van der Waals surface area contributed by atoms with E-state index in [0.29, 0.717) is 34.6 Å². The van der Waals surface area contributed by atoms with Gasteiger partial charge in [-0.2, -0.15) is 0 Å². The summed E-state index contributed by atoms with van der Waals surface area (Å²) in [6.07, 6.45) is 0.731.